The number of hydrogen-bond acceptors (Lipinski definition) is 5. The number of aromatic nitrogens is 2. The van der Waals surface area contributed by atoms with Gasteiger partial charge in [0.2, 0.25) is 0 Å². The molecule has 0 spiro atoms. The van der Waals surface area contributed by atoms with Gasteiger partial charge in [-0.05, 0) is 37.1 Å². The minimum atomic E-state index is -3.21. The van der Waals surface area contributed by atoms with Crippen molar-refractivity contribution in [2.75, 3.05) is 12.8 Å². The first-order chi connectivity index (χ1) is 10.8. The van der Waals surface area contributed by atoms with E-state index in [1.807, 2.05) is 30.9 Å². The van der Waals surface area contributed by atoms with Crippen LogP contribution in [0, 0.1) is 6.92 Å². The van der Waals surface area contributed by atoms with Gasteiger partial charge in [0.15, 0.2) is 9.84 Å². The normalized spacial score (nSPS) is 14.6. The van der Waals surface area contributed by atoms with E-state index in [0.717, 1.165) is 5.56 Å². The molecule has 1 aromatic heterocycles. The van der Waals surface area contributed by atoms with Gasteiger partial charge in [-0.3, -0.25) is 4.68 Å². The molecule has 6 nitrogen and oxygen atoms in total. The number of benzene rings is 1. The summed E-state index contributed by atoms with van der Waals surface area (Å²) in [7, 11) is -3.21. The number of nitrogens with one attached hydrogen (secondary N) is 1. The van der Waals surface area contributed by atoms with Gasteiger partial charge in [0.25, 0.3) is 0 Å². The molecule has 0 amide bonds. The standard InChI is InChI=1S/C16H23N3O3S/c1-12-8-18-19(10-12)11-13(2)17-9-16(20)14-4-6-15(7-5-14)23(3,21)22/h4-8,10,13,16-17,20H,9,11H2,1-3H3/t13-,16-/m0/s1. The van der Waals surface area contributed by atoms with Gasteiger partial charge in [0, 0.05) is 25.0 Å². The molecule has 0 aliphatic carbocycles. The second kappa shape index (κ2) is 7.25. The summed E-state index contributed by atoms with van der Waals surface area (Å²) in [6, 6.07) is 6.47. The molecule has 0 saturated carbocycles. The SMILES string of the molecule is Cc1cnn(C[C@H](C)NC[C@H](O)c2ccc(S(C)(=O)=O)cc2)c1. The van der Waals surface area contributed by atoms with Crippen molar-refractivity contribution >= 4 is 9.84 Å². The molecule has 2 rings (SSSR count). The average Bonchev–Trinajstić information content (AvgIpc) is 2.89. The van der Waals surface area contributed by atoms with E-state index in [1.54, 1.807) is 12.1 Å². The zero-order valence-electron chi connectivity index (χ0n) is 13.6. The molecule has 1 heterocycles. The minimum Gasteiger partial charge on any atom is -0.387 e. The van der Waals surface area contributed by atoms with Crippen LogP contribution in [0.3, 0.4) is 0 Å². The molecule has 0 fully saturated rings. The summed E-state index contributed by atoms with van der Waals surface area (Å²) >= 11 is 0. The van der Waals surface area contributed by atoms with E-state index in [-0.39, 0.29) is 10.9 Å². The fourth-order valence-electron chi connectivity index (χ4n) is 2.28. The molecule has 7 heteroatoms. The topological polar surface area (TPSA) is 84.2 Å². The fraction of sp³-hybridized carbons (Fsp3) is 0.438. The molecule has 0 unspecified atom stereocenters. The van der Waals surface area contributed by atoms with Crippen molar-refractivity contribution in [3.8, 4) is 0 Å². The summed E-state index contributed by atoms with van der Waals surface area (Å²) in [5.74, 6) is 0. The van der Waals surface area contributed by atoms with Gasteiger partial charge in [-0.2, -0.15) is 5.10 Å². The first-order valence-corrected chi connectivity index (χ1v) is 9.35. The lowest BCUT2D eigenvalue weighted by atomic mass is 10.1. The van der Waals surface area contributed by atoms with Gasteiger partial charge >= 0.3 is 0 Å². The zero-order valence-corrected chi connectivity index (χ0v) is 14.4. The van der Waals surface area contributed by atoms with Crippen LogP contribution in [0.4, 0.5) is 0 Å². The average molecular weight is 337 g/mol. The van der Waals surface area contributed by atoms with Gasteiger partial charge in [-0.15, -0.1) is 0 Å². The van der Waals surface area contributed by atoms with Gasteiger partial charge in [0.05, 0.1) is 23.7 Å². The molecule has 0 aliphatic rings. The third kappa shape index (κ3) is 5.16. The molecule has 2 atom stereocenters. The van der Waals surface area contributed by atoms with Gasteiger partial charge in [-0.1, -0.05) is 12.1 Å². The van der Waals surface area contributed by atoms with Crippen LogP contribution in [0.15, 0.2) is 41.6 Å². The molecule has 2 N–H and O–H groups in total. The van der Waals surface area contributed by atoms with Crippen molar-refractivity contribution in [3.63, 3.8) is 0 Å². The Labute approximate surface area is 137 Å². The Balaban J connectivity index is 1.87. The number of nitrogens with zero attached hydrogens (tertiary/aromatic N) is 2. The van der Waals surface area contributed by atoms with E-state index in [1.165, 1.54) is 18.4 Å². The fourth-order valence-corrected chi connectivity index (χ4v) is 2.91. The van der Waals surface area contributed by atoms with Crippen LogP contribution in [0.5, 0.6) is 0 Å². The summed E-state index contributed by atoms with van der Waals surface area (Å²) < 4.78 is 24.7. The molecule has 23 heavy (non-hydrogen) atoms. The first kappa shape index (κ1) is 17.7. The zero-order chi connectivity index (χ0) is 17.0. The van der Waals surface area contributed by atoms with Crippen molar-refractivity contribution in [1.29, 1.82) is 0 Å². The van der Waals surface area contributed by atoms with Gasteiger partial charge in [0.1, 0.15) is 0 Å². The lowest BCUT2D eigenvalue weighted by Crippen LogP contribution is -2.33. The van der Waals surface area contributed by atoms with Crippen molar-refractivity contribution < 1.29 is 13.5 Å². The predicted octanol–water partition coefficient (Wildman–Crippen LogP) is 1.31. The Bertz CT molecular complexity index is 738. The summed E-state index contributed by atoms with van der Waals surface area (Å²) in [5.41, 5.74) is 1.80. The van der Waals surface area contributed by atoms with E-state index in [2.05, 4.69) is 10.4 Å². The van der Waals surface area contributed by atoms with Crippen molar-refractivity contribution in [2.24, 2.45) is 0 Å². The van der Waals surface area contributed by atoms with Crippen LogP contribution < -0.4 is 5.32 Å². The third-order valence-corrected chi connectivity index (χ3v) is 4.70. The molecular weight excluding hydrogens is 314 g/mol. The summed E-state index contributed by atoms with van der Waals surface area (Å²) in [5, 5.41) is 17.7. The molecule has 0 radical (unpaired) electrons. The highest BCUT2D eigenvalue weighted by Gasteiger charge is 2.12. The Hall–Kier alpha value is -1.70. The number of rotatable bonds is 7. The van der Waals surface area contributed by atoms with Crippen LogP contribution in [-0.4, -0.2) is 42.1 Å². The Morgan fingerprint density at radius 1 is 1.30 bits per heavy atom. The minimum absolute atomic E-state index is 0.152. The van der Waals surface area contributed by atoms with E-state index in [0.29, 0.717) is 18.7 Å². The number of sulfone groups is 1. The van der Waals surface area contributed by atoms with Crippen LogP contribution in [0.2, 0.25) is 0 Å². The van der Waals surface area contributed by atoms with Crippen molar-refractivity contribution in [2.45, 2.75) is 37.4 Å². The van der Waals surface area contributed by atoms with Crippen LogP contribution in [0.25, 0.3) is 0 Å². The smallest absolute Gasteiger partial charge is 0.175 e. The second-order valence-corrected chi connectivity index (χ2v) is 7.92. The Kier molecular flexibility index (Phi) is 5.56. The molecule has 126 valence electrons. The largest absolute Gasteiger partial charge is 0.387 e. The molecule has 0 saturated heterocycles. The van der Waals surface area contributed by atoms with Crippen LogP contribution in [0.1, 0.15) is 24.2 Å². The first-order valence-electron chi connectivity index (χ1n) is 7.46. The van der Waals surface area contributed by atoms with Crippen LogP contribution in [-0.2, 0) is 16.4 Å². The van der Waals surface area contributed by atoms with E-state index < -0.39 is 15.9 Å². The second-order valence-electron chi connectivity index (χ2n) is 5.91. The molecule has 0 aliphatic heterocycles. The maximum absolute atomic E-state index is 11.4. The van der Waals surface area contributed by atoms with Gasteiger partial charge in [-0.25, -0.2) is 8.42 Å². The maximum atomic E-state index is 11.4. The molecule has 2 aromatic rings. The lowest BCUT2D eigenvalue weighted by molar-refractivity contribution is 0.169. The van der Waals surface area contributed by atoms with Gasteiger partial charge < -0.3 is 10.4 Å². The number of aliphatic hydroxyl groups is 1. The number of hydrogen-bond donors (Lipinski definition) is 2. The predicted molar refractivity (Wildman–Crippen MR) is 88.9 cm³/mol. The van der Waals surface area contributed by atoms with E-state index >= 15 is 0 Å². The van der Waals surface area contributed by atoms with Crippen LogP contribution >= 0.6 is 0 Å². The summed E-state index contributed by atoms with van der Waals surface area (Å²) in [6.07, 6.45) is 4.26. The third-order valence-electron chi connectivity index (χ3n) is 3.58. The van der Waals surface area contributed by atoms with Crippen molar-refractivity contribution in [3.05, 3.63) is 47.8 Å². The van der Waals surface area contributed by atoms with E-state index in [4.69, 9.17) is 0 Å². The summed E-state index contributed by atoms with van der Waals surface area (Å²) in [4.78, 5) is 0.254. The lowest BCUT2D eigenvalue weighted by Gasteiger charge is -2.17. The number of aryl methyl sites for hydroxylation is 1. The summed E-state index contributed by atoms with van der Waals surface area (Å²) in [6.45, 7) is 5.12. The maximum Gasteiger partial charge on any atom is 0.175 e. The molecule has 1 aromatic carbocycles. The highest BCUT2D eigenvalue weighted by molar-refractivity contribution is 7.90. The number of aliphatic hydroxyl groups excluding tert-OH is 1. The monoisotopic (exact) mass is 337 g/mol. The van der Waals surface area contributed by atoms with Crippen molar-refractivity contribution in [1.82, 2.24) is 15.1 Å². The molecular formula is C16H23N3O3S. The quantitative estimate of drug-likeness (QED) is 0.796. The molecule has 0 bridgehead atoms. The van der Waals surface area contributed by atoms with E-state index in [9.17, 15) is 13.5 Å². The highest BCUT2D eigenvalue weighted by Crippen LogP contribution is 2.16. The highest BCUT2D eigenvalue weighted by atomic mass is 32.2. The Morgan fingerprint density at radius 2 is 1.96 bits per heavy atom. The Morgan fingerprint density at radius 3 is 2.48 bits per heavy atom.